The lowest BCUT2D eigenvalue weighted by Gasteiger charge is -2.18. The smallest absolute Gasteiger partial charge is 0.337 e. The fourth-order valence-electron chi connectivity index (χ4n) is 2.03. The summed E-state index contributed by atoms with van der Waals surface area (Å²) >= 11 is 0. The van der Waals surface area contributed by atoms with E-state index in [0.717, 1.165) is 18.6 Å². The molecule has 22 heavy (non-hydrogen) atoms. The van der Waals surface area contributed by atoms with Crippen molar-refractivity contribution in [1.82, 2.24) is 10.1 Å². The molecule has 0 aliphatic rings. The third-order valence-electron chi connectivity index (χ3n) is 3.13. The van der Waals surface area contributed by atoms with Crippen LogP contribution in [0.4, 0.5) is 13.2 Å². The standard InChI is InChI=1S/C14H16F3N3O.ClH/c1-3-7-13(2,18)12-19-11(20-21-12)9-5-4-6-10(8-9)14(15,16)17;/h4-6,8H,3,7,18H2,1-2H3;1H. The van der Waals surface area contributed by atoms with Crippen molar-refractivity contribution in [2.45, 2.75) is 38.4 Å². The van der Waals surface area contributed by atoms with Gasteiger partial charge in [-0.3, -0.25) is 0 Å². The molecule has 1 aromatic heterocycles. The van der Waals surface area contributed by atoms with Gasteiger partial charge in [0.1, 0.15) is 0 Å². The predicted octanol–water partition coefficient (Wildman–Crippen LogP) is 4.15. The number of aromatic nitrogens is 2. The first-order valence-electron chi connectivity index (χ1n) is 6.55. The number of hydrogen-bond acceptors (Lipinski definition) is 4. The fourth-order valence-corrected chi connectivity index (χ4v) is 2.03. The third-order valence-corrected chi connectivity index (χ3v) is 3.13. The highest BCUT2D eigenvalue weighted by Gasteiger charge is 2.31. The van der Waals surface area contributed by atoms with Gasteiger partial charge >= 0.3 is 6.18 Å². The van der Waals surface area contributed by atoms with Crippen LogP contribution in [0.3, 0.4) is 0 Å². The first-order chi connectivity index (χ1) is 9.74. The summed E-state index contributed by atoms with van der Waals surface area (Å²) in [6, 6.07) is 4.79. The van der Waals surface area contributed by atoms with E-state index in [2.05, 4.69) is 10.1 Å². The van der Waals surface area contributed by atoms with Crippen LogP contribution < -0.4 is 5.73 Å². The van der Waals surface area contributed by atoms with E-state index in [9.17, 15) is 13.2 Å². The molecule has 0 aliphatic carbocycles. The van der Waals surface area contributed by atoms with Crippen LogP contribution >= 0.6 is 12.4 Å². The second kappa shape index (κ2) is 6.66. The van der Waals surface area contributed by atoms with Gasteiger partial charge in [0.15, 0.2) is 0 Å². The van der Waals surface area contributed by atoms with Gasteiger partial charge in [0.25, 0.3) is 0 Å². The Morgan fingerprint density at radius 1 is 1.27 bits per heavy atom. The maximum absolute atomic E-state index is 12.7. The average Bonchev–Trinajstić information content (AvgIpc) is 2.88. The van der Waals surface area contributed by atoms with Gasteiger partial charge in [0, 0.05) is 5.56 Å². The molecule has 0 aliphatic heterocycles. The van der Waals surface area contributed by atoms with E-state index in [0.29, 0.717) is 6.42 Å². The lowest BCUT2D eigenvalue weighted by Crippen LogP contribution is -2.33. The van der Waals surface area contributed by atoms with Gasteiger partial charge < -0.3 is 10.3 Å². The second-order valence-corrected chi connectivity index (χ2v) is 5.17. The van der Waals surface area contributed by atoms with Crippen molar-refractivity contribution in [3.63, 3.8) is 0 Å². The number of nitrogens with two attached hydrogens (primary N) is 1. The Bertz CT molecular complexity index is 626. The highest BCUT2D eigenvalue weighted by atomic mass is 35.5. The minimum absolute atomic E-state index is 0. The van der Waals surface area contributed by atoms with Gasteiger partial charge in [-0.25, -0.2) is 0 Å². The lowest BCUT2D eigenvalue weighted by molar-refractivity contribution is -0.137. The van der Waals surface area contributed by atoms with Crippen molar-refractivity contribution in [3.8, 4) is 11.4 Å². The number of alkyl halides is 3. The fraction of sp³-hybridized carbons (Fsp3) is 0.429. The molecule has 0 fully saturated rings. The Kier molecular flexibility index (Phi) is 5.59. The molecule has 0 amide bonds. The molecule has 4 nitrogen and oxygen atoms in total. The number of halogens is 4. The molecule has 0 saturated carbocycles. The maximum Gasteiger partial charge on any atom is 0.416 e. The van der Waals surface area contributed by atoms with Crippen molar-refractivity contribution in [1.29, 1.82) is 0 Å². The van der Waals surface area contributed by atoms with Crippen LogP contribution in [0.25, 0.3) is 11.4 Å². The van der Waals surface area contributed by atoms with Gasteiger partial charge in [-0.05, 0) is 25.5 Å². The molecule has 0 radical (unpaired) electrons. The molecule has 1 heterocycles. The summed E-state index contributed by atoms with van der Waals surface area (Å²) in [6.07, 6.45) is -2.95. The van der Waals surface area contributed by atoms with Gasteiger partial charge in [-0.15, -0.1) is 12.4 Å². The quantitative estimate of drug-likeness (QED) is 0.911. The van der Waals surface area contributed by atoms with Gasteiger partial charge in [-0.1, -0.05) is 30.6 Å². The van der Waals surface area contributed by atoms with Crippen molar-refractivity contribution >= 4 is 12.4 Å². The van der Waals surface area contributed by atoms with Gasteiger partial charge in [0.2, 0.25) is 11.7 Å². The SMILES string of the molecule is CCCC(C)(N)c1nc(-c2cccc(C(F)(F)F)c2)no1.Cl. The third kappa shape index (κ3) is 3.98. The first kappa shape index (κ1) is 18.4. The van der Waals surface area contributed by atoms with E-state index < -0.39 is 17.3 Å². The number of nitrogens with zero attached hydrogens (tertiary/aromatic N) is 2. The summed E-state index contributed by atoms with van der Waals surface area (Å²) in [5.74, 6) is 0.320. The summed E-state index contributed by atoms with van der Waals surface area (Å²) in [7, 11) is 0. The van der Waals surface area contributed by atoms with Crippen LogP contribution in [0.2, 0.25) is 0 Å². The van der Waals surface area contributed by atoms with E-state index in [4.69, 9.17) is 10.3 Å². The summed E-state index contributed by atoms with van der Waals surface area (Å²) in [5, 5.41) is 3.72. The molecule has 0 bridgehead atoms. The van der Waals surface area contributed by atoms with Crippen LogP contribution in [0.1, 0.15) is 38.1 Å². The first-order valence-corrected chi connectivity index (χ1v) is 6.55. The lowest BCUT2D eigenvalue weighted by atomic mass is 9.98. The van der Waals surface area contributed by atoms with Crippen molar-refractivity contribution in [2.75, 3.05) is 0 Å². The van der Waals surface area contributed by atoms with Crippen molar-refractivity contribution in [2.24, 2.45) is 5.73 Å². The maximum atomic E-state index is 12.7. The Hall–Kier alpha value is -1.60. The molecular weight excluding hydrogens is 319 g/mol. The Morgan fingerprint density at radius 3 is 2.55 bits per heavy atom. The molecule has 1 aromatic carbocycles. The van der Waals surface area contributed by atoms with Crippen LogP contribution in [-0.2, 0) is 11.7 Å². The van der Waals surface area contributed by atoms with Crippen LogP contribution in [-0.4, -0.2) is 10.1 Å². The normalized spacial score (nSPS) is 14.3. The molecule has 1 atom stereocenters. The molecule has 0 saturated heterocycles. The van der Waals surface area contributed by atoms with Crippen molar-refractivity contribution < 1.29 is 17.7 Å². The number of rotatable bonds is 4. The summed E-state index contributed by atoms with van der Waals surface area (Å²) in [5.41, 5.74) is 4.76. The van der Waals surface area contributed by atoms with Crippen LogP contribution in [0, 0.1) is 0 Å². The van der Waals surface area contributed by atoms with Crippen molar-refractivity contribution in [3.05, 3.63) is 35.7 Å². The summed E-state index contributed by atoms with van der Waals surface area (Å²) in [4.78, 5) is 4.12. The van der Waals surface area contributed by atoms with E-state index in [1.165, 1.54) is 12.1 Å². The zero-order valence-corrected chi connectivity index (χ0v) is 13.0. The number of hydrogen-bond donors (Lipinski definition) is 1. The Morgan fingerprint density at radius 2 is 1.95 bits per heavy atom. The van der Waals surface area contributed by atoms with Gasteiger partial charge in [-0.2, -0.15) is 18.2 Å². The highest BCUT2D eigenvalue weighted by molar-refractivity contribution is 5.85. The van der Waals surface area contributed by atoms with E-state index in [1.54, 1.807) is 6.92 Å². The molecule has 8 heteroatoms. The molecular formula is C14H17ClF3N3O. The highest BCUT2D eigenvalue weighted by Crippen LogP contribution is 2.32. The van der Waals surface area contributed by atoms with Gasteiger partial charge in [0.05, 0.1) is 11.1 Å². The monoisotopic (exact) mass is 335 g/mol. The molecule has 122 valence electrons. The Labute approximate surface area is 132 Å². The van der Waals surface area contributed by atoms with Crippen LogP contribution in [0.15, 0.2) is 28.8 Å². The number of benzene rings is 1. The second-order valence-electron chi connectivity index (χ2n) is 5.17. The Balaban J connectivity index is 0.00000242. The topological polar surface area (TPSA) is 64.9 Å². The van der Waals surface area contributed by atoms with E-state index in [-0.39, 0.29) is 29.7 Å². The minimum atomic E-state index is -4.41. The average molecular weight is 336 g/mol. The molecule has 0 spiro atoms. The molecule has 2 aromatic rings. The van der Waals surface area contributed by atoms with E-state index >= 15 is 0 Å². The zero-order chi connectivity index (χ0) is 15.7. The summed E-state index contributed by atoms with van der Waals surface area (Å²) < 4.78 is 43.2. The molecule has 2 N–H and O–H groups in total. The summed E-state index contributed by atoms with van der Waals surface area (Å²) in [6.45, 7) is 3.72. The minimum Gasteiger partial charge on any atom is -0.337 e. The molecule has 1 unspecified atom stereocenters. The largest absolute Gasteiger partial charge is 0.416 e. The molecule has 2 rings (SSSR count). The van der Waals surface area contributed by atoms with E-state index in [1.807, 2.05) is 6.92 Å². The zero-order valence-electron chi connectivity index (χ0n) is 12.1. The predicted molar refractivity (Wildman–Crippen MR) is 78.4 cm³/mol. The van der Waals surface area contributed by atoms with Crippen LogP contribution in [0.5, 0.6) is 0 Å².